The Bertz CT molecular complexity index is 1400. The van der Waals surface area contributed by atoms with E-state index in [1.165, 1.54) is 12.4 Å². The number of carbonyl (C=O) groups excluding carboxylic acids is 1. The number of aromatic nitrogens is 2. The lowest BCUT2D eigenvalue weighted by Crippen LogP contribution is -2.42. The molecule has 35 heavy (non-hydrogen) atoms. The van der Waals surface area contributed by atoms with Crippen molar-refractivity contribution in [3.8, 4) is 5.75 Å². The van der Waals surface area contributed by atoms with Gasteiger partial charge < -0.3 is 30.8 Å². The molecule has 1 aliphatic heterocycles. The van der Waals surface area contributed by atoms with Gasteiger partial charge in [0.15, 0.2) is 11.6 Å². The van der Waals surface area contributed by atoms with Crippen molar-refractivity contribution in [1.29, 1.82) is 0 Å². The molecular formula is C24H24FN5O5. The van der Waals surface area contributed by atoms with Gasteiger partial charge in [-0.1, -0.05) is 6.07 Å². The standard InChI is InChI=1S/C24H24FN5O5/c25-16-17(26)15-19-21(18(16)28-9-10-29-22(32)14-4-1-2-8-27-14)35-11-7-24(5-3-6-24)30(19)12-13(20(15)31)23(33)34/h1-2,4,8,12,28H,3,5-7,9-11,26H2,(H,29,32)(H,33,34). The van der Waals surface area contributed by atoms with E-state index in [4.69, 9.17) is 10.5 Å². The molecule has 5 N–H and O–H groups in total. The van der Waals surface area contributed by atoms with Crippen LogP contribution < -0.4 is 26.5 Å². The maximum Gasteiger partial charge on any atom is 0.341 e. The zero-order valence-corrected chi connectivity index (χ0v) is 18.8. The smallest absolute Gasteiger partial charge is 0.341 e. The number of hydrogen-bond acceptors (Lipinski definition) is 7. The van der Waals surface area contributed by atoms with E-state index in [0.29, 0.717) is 6.42 Å². The molecule has 0 bridgehead atoms. The molecule has 1 aromatic carbocycles. The van der Waals surface area contributed by atoms with Gasteiger partial charge >= 0.3 is 5.97 Å². The van der Waals surface area contributed by atoms with Gasteiger partial charge in [0.05, 0.1) is 23.2 Å². The molecule has 10 nitrogen and oxygen atoms in total. The number of carbonyl (C=O) groups is 2. The Hall–Kier alpha value is -4.15. The highest BCUT2D eigenvalue weighted by atomic mass is 19.1. The van der Waals surface area contributed by atoms with Gasteiger partial charge in [-0.3, -0.25) is 14.6 Å². The summed E-state index contributed by atoms with van der Waals surface area (Å²) in [6.07, 6.45) is 5.94. The summed E-state index contributed by atoms with van der Waals surface area (Å²) in [6.45, 7) is 0.558. The molecule has 3 heterocycles. The number of amides is 1. The van der Waals surface area contributed by atoms with Crippen molar-refractivity contribution in [2.45, 2.75) is 31.2 Å². The van der Waals surface area contributed by atoms with Crippen molar-refractivity contribution in [3.63, 3.8) is 0 Å². The number of benzene rings is 1. The average Bonchev–Trinajstić information content (AvgIpc) is 3.00. The van der Waals surface area contributed by atoms with E-state index in [-0.39, 0.29) is 53.6 Å². The Morgan fingerprint density at radius 3 is 2.71 bits per heavy atom. The first-order chi connectivity index (χ1) is 16.8. The van der Waals surface area contributed by atoms with Crippen molar-refractivity contribution in [1.82, 2.24) is 14.9 Å². The molecule has 0 radical (unpaired) electrons. The monoisotopic (exact) mass is 481 g/mol. The number of rotatable bonds is 6. The molecule has 0 unspecified atom stereocenters. The molecule has 1 fully saturated rings. The third-order valence-corrected chi connectivity index (χ3v) is 6.82. The Morgan fingerprint density at radius 2 is 2.06 bits per heavy atom. The third kappa shape index (κ3) is 3.63. The van der Waals surface area contributed by atoms with Gasteiger partial charge in [0.25, 0.3) is 5.91 Å². The predicted molar refractivity (Wildman–Crippen MR) is 127 cm³/mol. The Balaban J connectivity index is 1.54. The second-order valence-corrected chi connectivity index (χ2v) is 8.78. The predicted octanol–water partition coefficient (Wildman–Crippen LogP) is 2.32. The number of nitrogen functional groups attached to an aromatic ring is 1. The molecule has 1 aliphatic carbocycles. The first-order valence-corrected chi connectivity index (χ1v) is 11.3. The van der Waals surface area contributed by atoms with E-state index < -0.39 is 34.0 Å². The molecule has 2 aliphatic rings. The lowest BCUT2D eigenvalue weighted by atomic mass is 9.74. The summed E-state index contributed by atoms with van der Waals surface area (Å²) in [4.78, 5) is 41.0. The number of fused-ring (bicyclic) bond motifs is 1. The highest BCUT2D eigenvalue weighted by Gasteiger charge is 2.43. The van der Waals surface area contributed by atoms with E-state index >= 15 is 4.39 Å². The Kier molecular flexibility index (Phi) is 5.54. The quantitative estimate of drug-likeness (QED) is 0.310. The number of ether oxygens (including phenoxy) is 1. The van der Waals surface area contributed by atoms with Crippen LogP contribution >= 0.6 is 0 Å². The number of pyridine rings is 2. The summed E-state index contributed by atoms with van der Waals surface area (Å²) in [7, 11) is 0. The van der Waals surface area contributed by atoms with Crippen LogP contribution in [0.25, 0.3) is 10.9 Å². The van der Waals surface area contributed by atoms with Crippen LogP contribution in [-0.2, 0) is 5.54 Å². The second kappa shape index (κ2) is 8.57. The number of nitrogens with two attached hydrogens (primary N) is 1. The molecule has 0 atom stereocenters. The van der Waals surface area contributed by atoms with E-state index in [0.717, 1.165) is 19.3 Å². The summed E-state index contributed by atoms with van der Waals surface area (Å²) >= 11 is 0. The van der Waals surface area contributed by atoms with E-state index in [1.807, 2.05) is 0 Å². The van der Waals surface area contributed by atoms with Gasteiger partial charge in [0.2, 0.25) is 5.43 Å². The van der Waals surface area contributed by atoms with Crippen molar-refractivity contribution < 1.29 is 23.8 Å². The fourth-order valence-electron chi connectivity index (χ4n) is 4.87. The average molecular weight is 481 g/mol. The molecule has 0 saturated heterocycles. The van der Waals surface area contributed by atoms with E-state index in [9.17, 15) is 19.5 Å². The molecule has 182 valence electrons. The molecule has 5 rings (SSSR count). The Labute approximate surface area is 198 Å². The second-order valence-electron chi connectivity index (χ2n) is 8.78. The summed E-state index contributed by atoms with van der Waals surface area (Å²) in [6, 6.07) is 4.98. The number of carboxylic acids is 1. The van der Waals surface area contributed by atoms with Crippen LogP contribution in [0.15, 0.2) is 35.4 Å². The lowest BCUT2D eigenvalue weighted by Gasteiger charge is -2.44. The highest BCUT2D eigenvalue weighted by Crippen LogP contribution is 2.49. The number of nitrogens with one attached hydrogen (secondary N) is 2. The van der Waals surface area contributed by atoms with Crippen LogP contribution in [0, 0.1) is 5.82 Å². The highest BCUT2D eigenvalue weighted by molar-refractivity contribution is 6.03. The van der Waals surface area contributed by atoms with Crippen molar-refractivity contribution in [2.24, 2.45) is 0 Å². The molecular weight excluding hydrogens is 457 g/mol. The summed E-state index contributed by atoms with van der Waals surface area (Å²) in [5.41, 5.74) is 4.43. The van der Waals surface area contributed by atoms with Gasteiger partial charge in [-0.2, -0.15) is 0 Å². The van der Waals surface area contributed by atoms with Crippen LogP contribution in [0.2, 0.25) is 0 Å². The topological polar surface area (TPSA) is 149 Å². The summed E-state index contributed by atoms with van der Waals surface area (Å²) < 4.78 is 23.2. The van der Waals surface area contributed by atoms with E-state index in [2.05, 4.69) is 15.6 Å². The van der Waals surface area contributed by atoms with Gasteiger partial charge in [0.1, 0.15) is 16.9 Å². The van der Waals surface area contributed by atoms with Gasteiger partial charge in [-0.15, -0.1) is 0 Å². The maximum atomic E-state index is 15.5. The molecule has 1 amide bonds. The summed E-state index contributed by atoms with van der Waals surface area (Å²) in [5.74, 6) is -2.56. The minimum absolute atomic E-state index is 0.0327. The van der Waals surface area contributed by atoms with Crippen LogP contribution in [0.3, 0.4) is 0 Å². The number of hydrogen-bond donors (Lipinski definition) is 4. The van der Waals surface area contributed by atoms with Crippen LogP contribution in [0.4, 0.5) is 15.8 Å². The normalized spacial score (nSPS) is 15.7. The SMILES string of the molecule is Nc1c(F)c(NCCNC(=O)c2ccccn2)c2c3c1c(=O)c(C(=O)O)cn3C1(CCC1)CCO2. The minimum Gasteiger partial charge on any atom is -0.489 e. The van der Waals surface area contributed by atoms with Crippen molar-refractivity contribution in [3.05, 3.63) is 57.9 Å². The number of nitrogens with zero attached hydrogens (tertiary/aromatic N) is 2. The van der Waals surface area contributed by atoms with Crippen LogP contribution in [-0.4, -0.2) is 46.2 Å². The number of anilines is 2. The third-order valence-electron chi connectivity index (χ3n) is 6.82. The lowest BCUT2D eigenvalue weighted by molar-refractivity contribution is 0.0691. The molecule has 11 heteroatoms. The van der Waals surface area contributed by atoms with Crippen molar-refractivity contribution >= 4 is 34.2 Å². The molecule has 2 aromatic heterocycles. The van der Waals surface area contributed by atoms with Gasteiger partial charge in [-0.25, -0.2) is 9.18 Å². The Morgan fingerprint density at radius 1 is 1.26 bits per heavy atom. The largest absolute Gasteiger partial charge is 0.489 e. The van der Waals surface area contributed by atoms with Gasteiger partial charge in [0, 0.05) is 37.4 Å². The summed E-state index contributed by atoms with van der Waals surface area (Å²) in [5, 5.41) is 15.1. The van der Waals surface area contributed by atoms with Crippen molar-refractivity contribution in [2.75, 3.05) is 30.7 Å². The number of aromatic carboxylic acids is 1. The number of carboxylic acid groups (broad SMARTS) is 1. The minimum atomic E-state index is -1.40. The first kappa shape index (κ1) is 22.6. The first-order valence-electron chi connectivity index (χ1n) is 11.3. The maximum absolute atomic E-state index is 15.5. The van der Waals surface area contributed by atoms with Gasteiger partial charge in [-0.05, 0) is 31.4 Å². The zero-order chi connectivity index (χ0) is 24.7. The molecule has 3 aromatic rings. The van der Waals surface area contributed by atoms with Crippen LogP contribution in [0.1, 0.15) is 46.5 Å². The van der Waals surface area contributed by atoms with Crippen LogP contribution in [0.5, 0.6) is 5.75 Å². The number of halogens is 1. The molecule has 1 spiro atoms. The fourth-order valence-corrected chi connectivity index (χ4v) is 4.87. The van der Waals surface area contributed by atoms with E-state index in [1.54, 1.807) is 22.8 Å². The fraction of sp³-hybridized carbons (Fsp3) is 0.333. The zero-order valence-electron chi connectivity index (χ0n) is 18.8. The molecule has 1 saturated carbocycles.